The van der Waals surface area contributed by atoms with Gasteiger partial charge in [-0.15, -0.1) is 46.9 Å². The summed E-state index contributed by atoms with van der Waals surface area (Å²) in [6.45, 7) is 0. The molecule has 0 saturated carbocycles. The zero-order valence-electron chi connectivity index (χ0n) is 9.84. The molecule has 0 radical (unpaired) electrons. The summed E-state index contributed by atoms with van der Waals surface area (Å²) in [5.74, 6) is 5.39. The van der Waals surface area contributed by atoms with E-state index in [2.05, 4.69) is 40.8 Å². The predicted octanol–water partition coefficient (Wildman–Crippen LogP) is 5.17. The van der Waals surface area contributed by atoms with E-state index in [0.717, 1.165) is 16.0 Å². The van der Waals surface area contributed by atoms with E-state index >= 15 is 0 Å². The molecule has 3 heteroatoms. The van der Waals surface area contributed by atoms with E-state index in [-0.39, 0.29) is 0 Å². The highest BCUT2D eigenvalue weighted by molar-refractivity contribution is 7.21. The van der Waals surface area contributed by atoms with Gasteiger partial charge in [0.2, 0.25) is 0 Å². The van der Waals surface area contributed by atoms with Gasteiger partial charge in [0.1, 0.15) is 0 Å². The number of terminal acetylenes is 2. The van der Waals surface area contributed by atoms with E-state index in [1.165, 1.54) is 15.3 Å². The Labute approximate surface area is 124 Å². The van der Waals surface area contributed by atoms with E-state index in [0.29, 0.717) is 0 Å². The number of hydrogen-bond donors (Lipinski definition) is 0. The quantitative estimate of drug-likeness (QED) is 0.572. The minimum atomic E-state index is 0.811. The average molecular weight is 296 g/mol. The van der Waals surface area contributed by atoms with E-state index in [9.17, 15) is 0 Å². The zero-order chi connectivity index (χ0) is 13.2. The van der Waals surface area contributed by atoms with Crippen molar-refractivity contribution in [3.8, 4) is 44.9 Å². The molecular weight excluding hydrogens is 288 g/mol. The van der Waals surface area contributed by atoms with Crippen molar-refractivity contribution in [2.75, 3.05) is 0 Å². The van der Waals surface area contributed by atoms with E-state index in [1.807, 2.05) is 5.38 Å². The molecule has 0 bridgehead atoms. The largest absolute Gasteiger partial charge is 0.143 e. The fraction of sp³-hybridized carbons (Fsp3) is 0. The summed E-state index contributed by atoms with van der Waals surface area (Å²) in [5.41, 5.74) is 2.83. The molecular formula is C16H8S3. The molecule has 0 fully saturated rings. The third-order valence-electron chi connectivity index (χ3n) is 2.75. The van der Waals surface area contributed by atoms with Crippen LogP contribution < -0.4 is 0 Å². The average Bonchev–Trinajstić information content (AvgIpc) is 3.16. The molecule has 0 amide bonds. The van der Waals surface area contributed by atoms with Crippen LogP contribution in [-0.2, 0) is 0 Å². The summed E-state index contributed by atoms with van der Waals surface area (Å²) in [6.07, 6.45) is 11.1. The van der Waals surface area contributed by atoms with Gasteiger partial charge in [-0.1, -0.05) is 17.9 Å². The Morgan fingerprint density at radius 1 is 0.895 bits per heavy atom. The minimum absolute atomic E-state index is 0.811. The van der Waals surface area contributed by atoms with E-state index in [1.54, 1.807) is 34.0 Å². The molecule has 3 aromatic rings. The van der Waals surface area contributed by atoms with Gasteiger partial charge in [-0.25, -0.2) is 0 Å². The lowest BCUT2D eigenvalue weighted by Gasteiger charge is -2.00. The fourth-order valence-electron chi connectivity index (χ4n) is 1.89. The van der Waals surface area contributed by atoms with Gasteiger partial charge in [0, 0.05) is 15.8 Å². The number of rotatable bonds is 2. The van der Waals surface area contributed by atoms with Crippen molar-refractivity contribution in [3.05, 3.63) is 45.5 Å². The summed E-state index contributed by atoms with van der Waals surface area (Å²) in [7, 11) is 0. The van der Waals surface area contributed by atoms with Crippen LogP contribution in [-0.4, -0.2) is 0 Å². The van der Waals surface area contributed by atoms with E-state index in [4.69, 9.17) is 12.8 Å². The van der Waals surface area contributed by atoms with Crippen LogP contribution in [0.3, 0.4) is 0 Å². The van der Waals surface area contributed by atoms with Gasteiger partial charge in [-0.2, -0.15) is 0 Å². The lowest BCUT2D eigenvalue weighted by Crippen LogP contribution is -1.80. The van der Waals surface area contributed by atoms with Crippen molar-refractivity contribution in [3.63, 3.8) is 0 Å². The molecule has 0 aliphatic carbocycles. The molecule has 0 spiro atoms. The Morgan fingerprint density at radius 2 is 1.79 bits per heavy atom. The molecule has 90 valence electrons. The van der Waals surface area contributed by atoms with Crippen molar-refractivity contribution >= 4 is 34.0 Å². The molecule has 0 N–H and O–H groups in total. The molecule has 3 heterocycles. The molecule has 0 unspecified atom stereocenters. The Balaban J connectivity index is 2.20. The first kappa shape index (κ1) is 12.3. The highest BCUT2D eigenvalue weighted by Crippen LogP contribution is 2.42. The van der Waals surface area contributed by atoms with Crippen molar-refractivity contribution < 1.29 is 0 Å². The van der Waals surface area contributed by atoms with Crippen molar-refractivity contribution in [2.24, 2.45) is 0 Å². The van der Waals surface area contributed by atoms with Crippen LogP contribution in [0.2, 0.25) is 0 Å². The second-order valence-electron chi connectivity index (χ2n) is 3.78. The second-order valence-corrected chi connectivity index (χ2v) is 6.53. The van der Waals surface area contributed by atoms with Gasteiger partial charge >= 0.3 is 0 Å². The Morgan fingerprint density at radius 3 is 2.47 bits per heavy atom. The van der Waals surface area contributed by atoms with Gasteiger partial charge < -0.3 is 0 Å². The predicted molar refractivity (Wildman–Crippen MR) is 86.8 cm³/mol. The van der Waals surface area contributed by atoms with Gasteiger partial charge in [0.15, 0.2) is 0 Å². The number of hydrogen-bond acceptors (Lipinski definition) is 3. The molecule has 0 saturated heterocycles. The molecule has 0 atom stereocenters. The van der Waals surface area contributed by atoms with E-state index < -0.39 is 0 Å². The third kappa shape index (κ3) is 2.03. The molecule has 3 aromatic heterocycles. The lowest BCUT2D eigenvalue weighted by molar-refractivity contribution is 1.73. The maximum absolute atomic E-state index is 5.61. The first-order valence-electron chi connectivity index (χ1n) is 5.51. The highest BCUT2D eigenvalue weighted by Gasteiger charge is 2.16. The summed E-state index contributed by atoms with van der Waals surface area (Å²) < 4.78 is 0. The van der Waals surface area contributed by atoms with Gasteiger partial charge in [-0.3, -0.25) is 0 Å². The first-order chi connectivity index (χ1) is 9.35. The Bertz CT molecular complexity index is 786. The highest BCUT2D eigenvalue weighted by atomic mass is 32.1. The molecule has 0 aliphatic rings. The van der Waals surface area contributed by atoms with Gasteiger partial charge in [-0.05, 0) is 22.9 Å². The van der Waals surface area contributed by atoms with Crippen LogP contribution >= 0.6 is 34.0 Å². The molecule has 0 nitrogen and oxygen atoms in total. The standard InChI is InChI=1S/C16H8S3/c1-3-11-10-19-15(12(11)4-2)13-7-9-18-16(13)14-6-5-8-17-14/h1-2,5-10H. The topological polar surface area (TPSA) is 0 Å². The van der Waals surface area contributed by atoms with Gasteiger partial charge in [0.05, 0.1) is 20.9 Å². The van der Waals surface area contributed by atoms with Crippen LogP contribution in [0.1, 0.15) is 11.1 Å². The summed E-state index contributed by atoms with van der Waals surface area (Å²) in [6, 6.07) is 6.31. The number of thiophene rings is 3. The monoisotopic (exact) mass is 296 g/mol. The minimum Gasteiger partial charge on any atom is -0.143 e. The van der Waals surface area contributed by atoms with Crippen LogP contribution in [0, 0.1) is 24.7 Å². The lowest BCUT2D eigenvalue weighted by atomic mass is 10.1. The molecule has 19 heavy (non-hydrogen) atoms. The Hall–Kier alpha value is -1.78. The summed E-state index contributed by atoms with van der Waals surface area (Å²) >= 11 is 5.09. The normalized spacial score (nSPS) is 10.0. The SMILES string of the molecule is C#Cc1csc(-c2ccsc2-c2cccs2)c1C#C. The molecule has 3 rings (SSSR count). The molecule has 0 aliphatic heterocycles. The summed E-state index contributed by atoms with van der Waals surface area (Å²) in [4.78, 5) is 3.63. The van der Waals surface area contributed by atoms with Crippen molar-refractivity contribution in [2.45, 2.75) is 0 Å². The zero-order valence-corrected chi connectivity index (χ0v) is 12.3. The smallest absolute Gasteiger partial charge is 0.0586 e. The van der Waals surface area contributed by atoms with Crippen LogP contribution in [0.4, 0.5) is 0 Å². The maximum atomic E-state index is 5.61. The van der Waals surface area contributed by atoms with Crippen molar-refractivity contribution in [1.29, 1.82) is 0 Å². The summed E-state index contributed by atoms with van der Waals surface area (Å²) in [5, 5.41) is 6.14. The fourth-order valence-corrected chi connectivity index (χ4v) is 4.75. The maximum Gasteiger partial charge on any atom is 0.0586 e. The third-order valence-corrected chi connectivity index (χ3v) is 5.72. The molecule has 0 aromatic carbocycles. The van der Waals surface area contributed by atoms with Crippen molar-refractivity contribution in [1.82, 2.24) is 0 Å². The first-order valence-corrected chi connectivity index (χ1v) is 8.15. The second kappa shape index (κ2) is 5.07. The van der Waals surface area contributed by atoms with Crippen LogP contribution in [0.5, 0.6) is 0 Å². The van der Waals surface area contributed by atoms with Crippen LogP contribution in [0.15, 0.2) is 34.3 Å². The Kier molecular flexibility index (Phi) is 3.27. The van der Waals surface area contributed by atoms with Crippen LogP contribution in [0.25, 0.3) is 20.2 Å². The van der Waals surface area contributed by atoms with Gasteiger partial charge in [0.25, 0.3) is 0 Å².